The van der Waals surface area contributed by atoms with Crippen LogP contribution < -0.4 is 19.7 Å². The fourth-order valence-corrected chi connectivity index (χ4v) is 4.86. The van der Waals surface area contributed by atoms with Crippen molar-refractivity contribution in [3.8, 4) is 33.9 Å². The molecule has 1 aliphatic heterocycles. The number of nitrogens with one attached hydrogen (secondary N) is 1. The smallest absolute Gasteiger partial charge is 0.279 e. The summed E-state index contributed by atoms with van der Waals surface area (Å²) in [6.45, 7) is 2.09. The number of methoxy groups -OCH3 is 1. The molecule has 5 rings (SSSR count). The quantitative estimate of drug-likeness (QED) is 0.0862. The first-order valence-corrected chi connectivity index (χ1v) is 13.7. The molecule has 10 heteroatoms. The van der Waals surface area contributed by atoms with Gasteiger partial charge in [-0.25, -0.2) is 10.5 Å². The Kier molecular flexibility index (Phi) is 9.25. The van der Waals surface area contributed by atoms with Crippen LogP contribution in [0.5, 0.6) is 11.5 Å². The second kappa shape index (κ2) is 13.4. The number of hydrogen-bond acceptors (Lipinski definition) is 8. The van der Waals surface area contributed by atoms with E-state index in [2.05, 4.69) is 4.98 Å². The summed E-state index contributed by atoms with van der Waals surface area (Å²) in [4.78, 5) is 17.2. The van der Waals surface area contributed by atoms with E-state index in [-0.39, 0.29) is 23.0 Å². The second-order valence-corrected chi connectivity index (χ2v) is 9.74. The third-order valence-electron chi connectivity index (χ3n) is 6.98. The molecule has 3 heterocycles. The van der Waals surface area contributed by atoms with Crippen molar-refractivity contribution in [2.75, 3.05) is 26.9 Å². The highest BCUT2D eigenvalue weighted by Crippen LogP contribution is 2.36. The zero-order chi connectivity index (χ0) is 28.6. The monoisotopic (exact) mass is 559 g/mol. The van der Waals surface area contributed by atoms with E-state index in [9.17, 15) is 15.2 Å². The third-order valence-corrected chi connectivity index (χ3v) is 6.98. The van der Waals surface area contributed by atoms with Gasteiger partial charge < -0.3 is 24.2 Å². The summed E-state index contributed by atoms with van der Waals surface area (Å²) >= 11 is 0. The van der Waals surface area contributed by atoms with Gasteiger partial charge in [0.15, 0.2) is 24.4 Å². The van der Waals surface area contributed by atoms with Crippen LogP contribution in [-0.2, 0) is 9.47 Å². The highest BCUT2D eigenvalue weighted by Gasteiger charge is 2.24. The number of carbonyl (C=O) groups excluding carboxylic acids is 1. The van der Waals surface area contributed by atoms with Crippen molar-refractivity contribution in [1.82, 2.24) is 10.5 Å². The Hall–Kier alpha value is -4.25. The minimum absolute atomic E-state index is 0.0191. The lowest BCUT2D eigenvalue weighted by atomic mass is 10.00. The van der Waals surface area contributed by atoms with Gasteiger partial charge in [-0.05, 0) is 55.4 Å². The number of amides is 1. The number of fused-ring (bicyclic) bond motifs is 1. The summed E-state index contributed by atoms with van der Waals surface area (Å²) < 4.78 is 23.3. The Bertz CT molecular complexity index is 1470. The van der Waals surface area contributed by atoms with Gasteiger partial charge in [0.25, 0.3) is 5.91 Å². The van der Waals surface area contributed by atoms with Gasteiger partial charge in [0.2, 0.25) is 0 Å². The molecule has 1 amide bonds. The zero-order valence-corrected chi connectivity index (χ0v) is 22.9. The topological polar surface area (TPSA) is 126 Å². The van der Waals surface area contributed by atoms with Crippen LogP contribution in [-0.4, -0.2) is 49.3 Å². The first-order valence-electron chi connectivity index (χ1n) is 13.7. The van der Waals surface area contributed by atoms with Gasteiger partial charge in [0, 0.05) is 24.8 Å². The molecule has 1 aliphatic rings. The molecule has 10 nitrogen and oxygen atoms in total. The van der Waals surface area contributed by atoms with Crippen LogP contribution >= 0.6 is 0 Å². The number of hydroxylamine groups is 1. The lowest BCUT2D eigenvalue weighted by Gasteiger charge is -2.22. The van der Waals surface area contributed by atoms with Crippen molar-refractivity contribution in [2.45, 2.75) is 38.4 Å². The van der Waals surface area contributed by atoms with Gasteiger partial charge in [-0.1, -0.05) is 36.4 Å². The minimum Gasteiger partial charge on any atom is -0.619 e. The van der Waals surface area contributed by atoms with Gasteiger partial charge >= 0.3 is 0 Å². The highest BCUT2D eigenvalue weighted by molar-refractivity contribution is 6.09. The molecule has 1 atom stereocenters. The fraction of sp³-hybridized carbons (Fsp3) is 0.323. The molecule has 0 aliphatic carbocycles. The fourth-order valence-electron chi connectivity index (χ4n) is 4.86. The minimum atomic E-state index is -0.803. The van der Waals surface area contributed by atoms with Gasteiger partial charge in [-0.2, -0.15) is 4.73 Å². The number of pyridine rings is 2. The van der Waals surface area contributed by atoms with Crippen molar-refractivity contribution >= 4 is 16.8 Å². The molecule has 0 spiro atoms. The summed E-state index contributed by atoms with van der Waals surface area (Å²) in [7, 11) is 1.41. The SMILES string of the molecule is COc1c(-c2ccc(-c3ccc(OCCCCOC4CCCCO4)cc3)cc2)nc2cc[n+]([O-])cc2c1C(=O)NO. The number of nitrogens with zero attached hydrogens (tertiary/aromatic N) is 2. The molecule has 2 N–H and O–H groups in total. The van der Waals surface area contributed by atoms with Crippen molar-refractivity contribution < 1.29 is 33.7 Å². The Morgan fingerprint density at radius 2 is 1.76 bits per heavy atom. The predicted molar refractivity (Wildman–Crippen MR) is 152 cm³/mol. The third kappa shape index (κ3) is 6.74. The van der Waals surface area contributed by atoms with Crippen LogP contribution in [0.4, 0.5) is 0 Å². The average molecular weight is 560 g/mol. The van der Waals surface area contributed by atoms with E-state index in [0.717, 1.165) is 49.2 Å². The maximum atomic E-state index is 12.5. The maximum Gasteiger partial charge on any atom is 0.279 e. The number of aromatic nitrogens is 2. The first kappa shape index (κ1) is 28.3. The van der Waals surface area contributed by atoms with E-state index in [0.29, 0.717) is 34.7 Å². The molecule has 0 saturated carbocycles. The summed E-state index contributed by atoms with van der Waals surface area (Å²) in [5, 5.41) is 21.5. The van der Waals surface area contributed by atoms with E-state index in [4.69, 9.17) is 18.9 Å². The van der Waals surface area contributed by atoms with Crippen LogP contribution in [0.1, 0.15) is 42.5 Å². The predicted octanol–water partition coefficient (Wildman–Crippen LogP) is 5.03. The van der Waals surface area contributed by atoms with Crippen LogP contribution in [0, 0.1) is 5.21 Å². The second-order valence-electron chi connectivity index (χ2n) is 9.74. The normalized spacial score (nSPS) is 15.0. The maximum absolute atomic E-state index is 12.5. The van der Waals surface area contributed by atoms with Crippen LogP contribution in [0.25, 0.3) is 33.3 Å². The van der Waals surface area contributed by atoms with Crippen molar-refractivity contribution in [2.24, 2.45) is 0 Å². The van der Waals surface area contributed by atoms with Crippen LogP contribution in [0.2, 0.25) is 0 Å². The number of benzene rings is 2. The summed E-state index contributed by atoms with van der Waals surface area (Å²) in [6.07, 6.45) is 7.56. The van der Waals surface area contributed by atoms with E-state index in [1.807, 2.05) is 48.5 Å². The molecule has 0 radical (unpaired) electrons. The lowest BCUT2D eigenvalue weighted by molar-refractivity contribution is -0.603. The number of unbranched alkanes of at least 4 members (excludes halogenated alkanes) is 1. The van der Waals surface area contributed by atoms with Gasteiger partial charge in [0.05, 0.1) is 24.6 Å². The molecule has 4 aromatic rings. The molecular weight excluding hydrogens is 526 g/mol. The van der Waals surface area contributed by atoms with Crippen molar-refractivity contribution in [3.05, 3.63) is 77.8 Å². The van der Waals surface area contributed by atoms with Crippen LogP contribution in [0.3, 0.4) is 0 Å². The number of rotatable bonds is 11. The van der Waals surface area contributed by atoms with Gasteiger partial charge in [-0.15, -0.1) is 0 Å². The standard InChI is InChI=1S/C31H33N3O7/c1-38-30-28(31(35)33-36)25-20-34(37)16-15-26(25)32-29(30)23-9-7-21(8-10-23)22-11-13-24(14-12-22)39-17-4-5-19-41-27-6-2-3-18-40-27/h7-16,20,27,36H,2-6,17-19H2,1H3,(H,33,35). The molecule has 1 unspecified atom stereocenters. The Balaban J connectivity index is 1.24. The molecule has 2 aromatic heterocycles. The number of ether oxygens (including phenoxy) is 4. The van der Waals surface area contributed by atoms with Gasteiger partial charge in [0.1, 0.15) is 17.0 Å². The Morgan fingerprint density at radius 3 is 2.44 bits per heavy atom. The van der Waals surface area contributed by atoms with E-state index in [1.165, 1.54) is 32.0 Å². The van der Waals surface area contributed by atoms with E-state index in [1.54, 1.807) is 5.48 Å². The number of carbonyl (C=O) groups is 1. The molecule has 1 saturated heterocycles. The molecule has 214 valence electrons. The zero-order valence-electron chi connectivity index (χ0n) is 22.9. The van der Waals surface area contributed by atoms with Crippen LogP contribution in [0.15, 0.2) is 67.0 Å². The largest absolute Gasteiger partial charge is 0.619 e. The Morgan fingerprint density at radius 1 is 1.05 bits per heavy atom. The molecular formula is C31H33N3O7. The van der Waals surface area contributed by atoms with Crippen molar-refractivity contribution in [3.63, 3.8) is 0 Å². The van der Waals surface area contributed by atoms with Crippen molar-refractivity contribution in [1.29, 1.82) is 0 Å². The number of hydrogen-bond donors (Lipinski definition) is 2. The Labute approximate surface area is 238 Å². The first-order chi connectivity index (χ1) is 20.1. The highest BCUT2D eigenvalue weighted by atomic mass is 16.7. The lowest BCUT2D eigenvalue weighted by Crippen LogP contribution is -2.26. The summed E-state index contributed by atoms with van der Waals surface area (Å²) in [5.41, 5.74) is 5.19. The summed E-state index contributed by atoms with van der Waals surface area (Å²) in [5.74, 6) is 0.155. The molecule has 0 bridgehead atoms. The average Bonchev–Trinajstić information content (AvgIpc) is 3.02. The van der Waals surface area contributed by atoms with Gasteiger partial charge in [-0.3, -0.25) is 10.0 Å². The molecule has 2 aromatic carbocycles. The molecule has 41 heavy (non-hydrogen) atoms. The molecule has 1 fully saturated rings. The van der Waals surface area contributed by atoms with E-state index < -0.39 is 5.91 Å². The van der Waals surface area contributed by atoms with E-state index >= 15 is 0 Å². The summed E-state index contributed by atoms with van der Waals surface area (Å²) in [6, 6.07) is 17.1.